The Bertz CT molecular complexity index is 901. The largest absolute Gasteiger partial charge is 0.483 e. The summed E-state index contributed by atoms with van der Waals surface area (Å²) in [6.07, 6.45) is 2.39. The van der Waals surface area contributed by atoms with Crippen LogP contribution < -0.4 is 5.32 Å². The highest BCUT2D eigenvalue weighted by Crippen LogP contribution is 2.10. The van der Waals surface area contributed by atoms with E-state index in [4.69, 9.17) is 29.2 Å². The van der Waals surface area contributed by atoms with E-state index < -0.39 is 23.9 Å². The molecule has 0 radical (unpaired) electrons. The summed E-state index contributed by atoms with van der Waals surface area (Å²) in [6, 6.07) is -0.586. The first-order valence-corrected chi connectivity index (χ1v) is 17.5. The van der Waals surface area contributed by atoms with Crippen molar-refractivity contribution >= 4 is 36.6 Å². The maximum atomic E-state index is 11.8. The monoisotopic (exact) mass is 739 g/mol. The van der Waals surface area contributed by atoms with Crippen LogP contribution in [0.1, 0.15) is 53.9 Å². The third-order valence-corrected chi connectivity index (χ3v) is 7.14. The summed E-state index contributed by atoms with van der Waals surface area (Å²) in [7, 11) is 0. The Morgan fingerprint density at radius 3 is 1.51 bits per heavy atom. The molecule has 0 aliphatic carbocycles. The standard InChI is InChI=1S/C19H36N4O6.C11H21NO5.C2H6.CH2O2/c1-3-5-16(19(28)29)23-12-10-20(4-2)6-7-21(14-17(24)25)8-9-22(11-13-23)15-18(26)27;1-11(14)2-4-15-6-8-17-9-7-16-5-3-12-10-13;1-2;2-1-3/h16H,3-15H2,1-2H3,(H,24,25)(H,26,27)(H,28,29);10H,2-9H2,1H3,(H,12,13);1-2H3;1H,(H,2,3). The number of carbonyl (C=O) groups excluding carboxylic acids is 2. The molecule has 1 fully saturated rings. The van der Waals surface area contributed by atoms with Crippen LogP contribution in [-0.2, 0) is 43.0 Å². The molecule has 1 heterocycles. The molecule has 1 aliphatic heterocycles. The van der Waals surface area contributed by atoms with Crippen LogP contribution >= 0.6 is 0 Å². The van der Waals surface area contributed by atoms with Crippen molar-refractivity contribution in [1.82, 2.24) is 24.9 Å². The van der Waals surface area contributed by atoms with Gasteiger partial charge < -0.3 is 44.9 Å². The van der Waals surface area contributed by atoms with Crippen LogP contribution in [0.15, 0.2) is 0 Å². The zero-order valence-corrected chi connectivity index (χ0v) is 31.3. The minimum absolute atomic E-state index is 0.0812. The normalized spacial score (nSPS) is 15.4. The second kappa shape index (κ2) is 38.0. The summed E-state index contributed by atoms with van der Waals surface area (Å²) in [4.78, 5) is 70.8. The number of rotatable bonds is 22. The molecule has 1 amide bonds. The average molecular weight is 740 g/mol. The fourth-order valence-corrected chi connectivity index (χ4v) is 4.56. The van der Waals surface area contributed by atoms with Gasteiger partial charge in [0.05, 0.1) is 52.7 Å². The Labute approximate surface area is 303 Å². The predicted octanol–water partition coefficient (Wildman–Crippen LogP) is 0.139. The molecule has 51 heavy (non-hydrogen) atoms. The summed E-state index contributed by atoms with van der Waals surface area (Å²) >= 11 is 0. The molecular weight excluding hydrogens is 674 g/mol. The number of hydrogen-bond donors (Lipinski definition) is 5. The van der Waals surface area contributed by atoms with Gasteiger partial charge in [-0.2, -0.15) is 0 Å². The quantitative estimate of drug-likeness (QED) is 0.0733. The molecule has 300 valence electrons. The predicted molar refractivity (Wildman–Crippen MR) is 190 cm³/mol. The van der Waals surface area contributed by atoms with Gasteiger partial charge in [-0.25, -0.2) is 0 Å². The Balaban J connectivity index is -0.000000888. The molecule has 5 N–H and O–H groups in total. The summed E-state index contributed by atoms with van der Waals surface area (Å²) in [5.41, 5.74) is 0. The highest BCUT2D eigenvalue weighted by atomic mass is 16.5. The zero-order valence-electron chi connectivity index (χ0n) is 31.3. The number of aliphatic carboxylic acids is 3. The summed E-state index contributed by atoms with van der Waals surface area (Å²) in [6.45, 7) is 17.5. The Morgan fingerprint density at radius 1 is 0.706 bits per heavy atom. The van der Waals surface area contributed by atoms with E-state index in [2.05, 4.69) is 10.2 Å². The number of ketones is 1. The highest BCUT2D eigenvalue weighted by Gasteiger charge is 2.26. The molecule has 1 unspecified atom stereocenters. The topological polar surface area (TPSA) is 236 Å². The fraction of sp³-hybridized carbons (Fsp3) is 0.818. The maximum absolute atomic E-state index is 11.8. The van der Waals surface area contributed by atoms with Crippen LogP contribution in [0.25, 0.3) is 0 Å². The van der Waals surface area contributed by atoms with Crippen molar-refractivity contribution in [3.63, 3.8) is 0 Å². The lowest BCUT2D eigenvalue weighted by atomic mass is 10.1. The SMILES string of the molecule is CC.CC(=O)CCOCCOCCOCCNC=O.CCCC(C(=O)O)N1CCN(CC)CCN(CC(=O)O)CCN(CC(=O)O)CC1.O=CO. The molecule has 0 saturated carbocycles. The van der Waals surface area contributed by atoms with Crippen molar-refractivity contribution in [3.8, 4) is 0 Å². The minimum atomic E-state index is -0.950. The van der Waals surface area contributed by atoms with Gasteiger partial charge in [0, 0.05) is 65.3 Å². The van der Waals surface area contributed by atoms with Gasteiger partial charge in [-0.15, -0.1) is 0 Å². The van der Waals surface area contributed by atoms with Gasteiger partial charge in [-0.3, -0.25) is 43.5 Å². The third kappa shape index (κ3) is 34.9. The Morgan fingerprint density at radius 2 is 1.12 bits per heavy atom. The zero-order chi connectivity index (χ0) is 39.3. The van der Waals surface area contributed by atoms with Crippen molar-refractivity contribution < 1.29 is 63.4 Å². The number of hydrogen-bond acceptors (Lipinski definition) is 13. The van der Waals surface area contributed by atoms with Crippen molar-refractivity contribution in [2.75, 3.05) is 118 Å². The van der Waals surface area contributed by atoms with E-state index in [0.717, 1.165) is 13.0 Å². The molecule has 0 aromatic heterocycles. The van der Waals surface area contributed by atoms with Crippen LogP contribution in [0.3, 0.4) is 0 Å². The fourth-order valence-electron chi connectivity index (χ4n) is 4.56. The van der Waals surface area contributed by atoms with Crippen molar-refractivity contribution in [2.24, 2.45) is 0 Å². The number of amides is 1. The smallest absolute Gasteiger partial charge is 0.320 e. The molecule has 1 atom stereocenters. The van der Waals surface area contributed by atoms with E-state index in [0.29, 0.717) is 118 Å². The number of carboxylic acid groups (broad SMARTS) is 4. The average Bonchev–Trinajstić information content (AvgIpc) is 3.08. The van der Waals surface area contributed by atoms with Gasteiger partial charge in [0.15, 0.2) is 0 Å². The van der Waals surface area contributed by atoms with E-state index in [-0.39, 0.29) is 25.3 Å². The van der Waals surface area contributed by atoms with Gasteiger partial charge in [0.2, 0.25) is 6.41 Å². The molecule has 18 heteroatoms. The molecule has 1 rings (SSSR count). The molecule has 18 nitrogen and oxygen atoms in total. The lowest BCUT2D eigenvalue weighted by Crippen LogP contribution is -2.51. The van der Waals surface area contributed by atoms with Crippen LogP contribution in [0.4, 0.5) is 0 Å². The van der Waals surface area contributed by atoms with Gasteiger partial charge in [-0.05, 0) is 19.9 Å². The number of nitrogens with zero attached hydrogens (tertiary/aromatic N) is 4. The van der Waals surface area contributed by atoms with Gasteiger partial charge in [0.25, 0.3) is 6.47 Å². The minimum Gasteiger partial charge on any atom is -0.483 e. The van der Waals surface area contributed by atoms with E-state index in [1.165, 1.54) is 6.92 Å². The molecule has 1 aliphatic rings. The van der Waals surface area contributed by atoms with Crippen molar-refractivity contribution in [1.29, 1.82) is 0 Å². The number of likely N-dealkylation sites (N-methyl/N-ethyl adjacent to an activating group) is 1. The maximum Gasteiger partial charge on any atom is 0.320 e. The summed E-state index contributed by atoms with van der Waals surface area (Å²) in [5, 5.41) is 37.4. The first-order chi connectivity index (χ1) is 24.4. The first kappa shape index (κ1) is 52.1. The second-order valence-corrected chi connectivity index (χ2v) is 10.9. The first-order valence-electron chi connectivity index (χ1n) is 17.5. The lowest BCUT2D eigenvalue weighted by molar-refractivity contribution is -0.144. The molecule has 0 aromatic rings. The molecule has 1 saturated heterocycles. The van der Waals surface area contributed by atoms with Crippen LogP contribution in [0, 0.1) is 0 Å². The van der Waals surface area contributed by atoms with Crippen molar-refractivity contribution in [2.45, 2.75) is 59.9 Å². The summed E-state index contributed by atoms with van der Waals surface area (Å²) < 4.78 is 15.6. The van der Waals surface area contributed by atoms with E-state index in [1.807, 2.05) is 37.5 Å². The van der Waals surface area contributed by atoms with E-state index >= 15 is 0 Å². The Hall–Kier alpha value is -3.26. The molecule has 0 spiro atoms. The Kier molecular flexibility index (Phi) is 38.8. The third-order valence-electron chi connectivity index (χ3n) is 7.14. The van der Waals surface area contributed by atoms with E-state index in [1.54, 1.807) is 4.90 Å². The van der Waals surface area contributed by atoms with Crippen LogP contribution in [0.5, 0.6) is 0 Å². The number of carbonyl (C=O) groups is 6. The van der Waals surface area contributed by atoms with E-state index in [9.17, 15) is 34.2 Å². The second-order valence-electron chi connectivity index (χ2n) is 10.9. The van der Waals surface area contributed by atoms with Gasteiger partial charge >= 0.3 is 17.9 Å². The number of ether oxygens (including phenoxy) is 3. The van der Waals surface area contributed by atoms with Gasteiger partial charge in [-0.1, -0.05) is 34.1 Å². The number of nitrogens with one attached hydrogen (secondary N) is 1. The number of carboxylic acids is 3. The molecule has 0 bridgehead atoms. The highest BCUT2D eigenvalue weighted by molar-refractivity contribution is 5.75. The molecule has 0 aromatic carbocycles. The van der Waals surface area contributed by atoms with Gasteiger partial charge in [0.1, 0.15) is 11.8 Å². The van der Waals surface area contributed by atoms with Crippen LogP contribution in [0.2, 0.25) is 0 Å². The number of Topliss-reactive ketones (excluding diaryl/α,β-unsaturated/α-hetero) is 1. The van der Waals surface area contributed by atoms with Crippen molar-refractivity contribution in [3.05, 3.63) is 0 Å². The lowest BCUT2D eigenvalue weighted by Gasteiger charge is -2.35. The summed E-state index contributed by atoms with van der Waals surface area (Å²) in [5.74, 6) is -2.57. The van der Waals surface area contributed by atoms with Crippen LogP contribution in [-0.4, -0.2) is 201 Å². The molecular formula is C33H65N5O13.